The summed E-state index contributed by atoms with van der Waals surface area (Å²) < 4.78 is 1.15. The van der Waals surface area contributed by atoms with Crippen molar-refractivity contribution in [1.82, 2.24) is 19.7 Å². The number of nitrogens with two attached hydrogens (primary N) is 1. The van der Waals surface area contributed by atoms with Crippen molar-refractivity contribution >= 4 is 34.7 Å². The number of nitrogens with zero attached hydrogens (tertiary/aromatic N) is 4. The summed E-state index contributed by atoms with van der Waals surface area (Å²) in [5, 5.41) is 0.118. The lowest BCUT2D eigenvalue weighted by atomic mass is 9.91. The Morgan fingerprint density at radius 3 is 2.84 bits per heavy atom. The Labute approximate surface area is 114 Å². The predicted molar refractivity (Wildman–Crippen MR) is 70.4 cm³/mol. The van der Waals surface area contributed by atoms with E-state index < -0.39 is 5.41 Å². The van der Waals surface area contributed by atoms with Gasteiger partial charge in [-0.2, -0.15) is 9.97 Å². The molecule has 19 heavy (non-hydrogen) atoms. The lowest BCUT2D eigenvalue weighted by molar-refractivity contribution is -0.154. The van der Waals surface area contributed by atoms with Crippen molar-refractivity contribution < 1.29 is 9.63 Å². The van der Waals surface area contributed by atoms with E-state index in [-0.39, 0.29) is 22.7 Å². The fourth-order valence-electron chi connectivity index (χ4n) is 1.29. The standard InChI is InChI=1S/C11H14ClN5O2/c1-4-11(2,3)9(18)19-17-5-14-6-7(12)15-10(13)16-8(6)17/h5H,4H2,1-3H3,(H2,13,15,16). The van der Waals surface area contributed by atoms with E-state index in [0.717, 1.165) is 4.73 Å². The Morgan fingerprint density at radius 2 is 2.21 bits per heavy atom. The first kappa shape index (κ1) is 13.5. The summed E-state index contributed by atoms with van der Waals surface area (Å²) in [5.74, 6) is -0.396. The number of hydrogen-bond acceptors (Lipinski definition) is 6. The van der Waals surface area contributed by atoms with Gasteiger partial charge in [-0.05, 0) is 20.3 Å². The number of halogens is 1. The Kier molecular flexibility index (Phi) is 3.32. The van der Waals surface area contributed by atoms with Crippen LogP contribution in [0.2, 0.25) is 5.15 Å². The second-order valence-electron chi connectivity index (χ2n) is 4.73. The molecule has 2 heterocycles. The zero-order valence-electron chi connectivity index (χ0n) is 10.8. The molecule has 0 aliphatic rings. The zero-order chi connectivity index (χ0) is 14.2. The maximum absolute atomic E-state index is 12.0. The summed E-state index contributed by atoms with van der Waals surface area (Å²) in [6, 6.07) is 0. The highest BCUT2D eigenvalue weighted by Crippen LogP contribution is 2.22. The molecule has 0 aliphatic carbocycles. The number of nitrogen functional groups attached to an aromatic ring is 1. The third kappa shape index (κ3) is 2.46. The molecule has 2 N–H and O–H groups in total. The number of fused-ring (bicyclic) bond motifs is 1. The van der Waals surface area contributed by atoms with Gasteiger partial charge in [-0.1, -0.05) is 18.5 Å². The average Bonchev–Trinajstić information content (AvgIpc) is 2.72. The molecule has 0 atom stereocenters. The number of carbonyl (C=O) groups is 1. The van der Waals surface area contributed by atoms with Crippen molar-refractivity contribution in [3.63, 3.8) is 0 Å². The molecule has 8 heteroatoms. The minimum absolute atomic E-state index is 0.00921. The van der Waals surface area contributed by atoms with Crippen molar-refractivity contribution in [3.05, 3.63) is 11.5 Å². The van der Waals surface area contributed by atoms with Crippen molar-refractivity contribution in [2.24, 2.45) is 5.41 Å². The van der Waals surface area contributed by atoms with Crippen LogP contribution in [0.4, 0.5) is 5.95 Å². The minimum atomic E-state index is -0.598. The van der Waals surface area contributed by atoms with Gasteiger partial charge in [-0.3, -0.25) is 0 Å². The van der Waals surface area contributed by atoms with Gasteiger partial charge in [0.15, 0.2) is 5.15 Å². The largest absolute Gasteiger partial charge is 0.368 e. The third-order valence-electron chi connectivity index (χ3n) is 2.96. The van der Waals surface area contributed by atoms with E-state index in [4.69, 9.17) is 22.2 Å². The Balaban J connectivity index is 2.40. The van der Waals surface area contributed by atoms with Gasteiger partial charge >= 0.3 is 5.97 Å². The van der Waals surface area contributed by atoms with E-state index >= 15 is 0 Å². The molecule has 0 unspecified atom stereocenters. The minimum Gasteiger partial charge on any atom is -0.368 e. The molecule has 2 aromatic heterocycles. The number of imidazole rings is 1. The smallest absolute Gasteiger partial charge is 0.338 e. The van der Waals surface area contributed by atoms with Gasteiger partial charge in [0.1, 0.15) is 11.8 Å². The van der Waals surface area contributed by atoms with Crippen LogP contribution >= 0.6 is 11.6 Å². The predicted octanol–water partition coefficient (Wildman–Crippen LogP) is 1.45. The van der Waals surface area contributed by atoms with Gasteiger partial charge in [0, 0.05) is 0 Å². The molecule has 0 bridgehead atoms. The van der Waals surface area contributed by atoms with Crippen molar-refractivity contribution in [2.75, 3.05) is 5.73 Å². The molecule has 2 rings (SSSR count). The van der Waals surface area contributed by atoms with E-state index in [0.29, 0.717) is 11.9 Å². The van der Waals surface area contributed by atoms with Crippen LogP contribution in [-0.2, 0) is 4.79 Å². The highest BCUT2D eigenvalue weighted by molar-refractivity contribution is 6.33. The van der Waals surface area contributed by atoms with E-state index in [2.05, 4.69) is 15.0 Å². The van der Waals surface area contributed by atoms with Crippen LogP contribution in [0.15, 0.2) is 6.33 Å². The van der Waals surface area contributed by atoms with Gasteiger partial charge in [-0.15, -0.1) is 4.73 Å². The van der Waals surface area contributed by atoms with Crippen molar-refractivity contribution in [1.29, 1.82) is 0 Å². The molecular weight excluding hydrogens is 270 g/mol. The summed E-state index contributed by atoms with van der Waals surface area (Å²) in [6.07, 6.45) is 1.96. The topological polar surface area (TPSA) is 95.9 Å². The zero-order valence-corrected chi connectivity index (χ0v) is 11.6. The molecule has 0 aliphatic heterocycles. The fraction of sp³-hybridized carbons (Fsp3) is 0.455. The van der Waals surface area contributed by atoms with Gasteiger partial charge in [0.25, 0.3) is 0 Å². The van der Waals surface area contributed by atoms with Crippen LogP contribution in [0.25, 0.3) is 11.2 Å². The summed E-state index contributed by atoms with van der Waals surface area (Å²) in [4.78, 5) is 29.0. The molecule has 7 nitrogen and oxygen atoms in total. The molecule has 0 radical (unpaired) electrons. The number of anilines is 1. The Hall–Kier alpha value is -1.89. The highest BCUT2D eigenvalue weighted by Gasteiger charge is 2.29. The third-order valence-corrected chi connectivity index (χ3v) is 3.22. The summed E-state index contributed by atoms with van der Waals surface area (Å²) in [6.45, 7) is 5.50. The molecule has 102 valence electrons. The van der Waals surface area contributed by atoms with Gasteiger partial charge < -0.3 is 10.6 Å². The molecule has 0 fully saturated rings. The molecule has 0 saturated heterocycles. The first-order chi connectivity index (χ1) is 8.85. The second kappa shape index (κ2) is 4.65. The monoisotopic (exact) mass is 283 g/mol. The second-order valence-corrected chi connectivity index (χ2v) is 5.09. The SMILES string of the molecule is CCC(C)(C)C(=O)On1cnc2c(Cl)nc(N)nc21. The first-order valence-corrected chi connectivity index (χ1v) is 6.12. The van der Waals surface area contributed by atoms with E-state index in [1.807, 2.05) is 6.92 Å². The van der Waals surface area contributed by atoms with Crippen molar-refractivity contribution in [2.45, 2.75) is 27.2 Å². The quantitative estimate of drug-likeness (QED) is 0.857. The summed E-state index contributed by atoms with van der Waals surface area (Å²) in [5.41, 5.74) is 5.50. The maximum Gasteiger partial charge on any atom is 0.338 e. The number of hydrogen-bond donors (Lipinski definition) is 1. The number of carbonyl (C=O) groups excluding carboxylic acids is 1. The molecule has 2 aromatic rings. The van der Waals surface area contributed by atoms with Crippen molar-refractivity contribution in [3.8, 4) is 0 Å². The van der Waals surface area contributed by atoms with Gasteiger partial charge in [0.05, 0.1) is 5.41 Å². The Bertz CT molecular complexity index is 637. The lowest BCUT2D eigenvalue weighted by Crippen LogP contribution is -2.33. The van der Waals surface area contributed by atoms with Crippen LogP contribution in [0, 0.1) is 5.41 Å². The van der Waals surface area contributed by atoms with Crippen LogP contribution in [0.5, 0.6) is 0 Å². The Morgan fingerprint density at radius 1 is 1.53 bits per heavy atom. The highest BCUT2D eigenvalue weighted by atomic mass is 35.5. The van der Waals surface area contributed by atoms with Crippen LogP contribution in [0.3, 0.4) is 0 Å². The molecule has 0 spiro atoms. The van der Waals surface area contributed by atoms with E-state index in [1.165, 1.54) is 6.33 Å². The number of aromatic nitrogens is 4. The molecule has 0 amide bonds. The maximum atomic E-state index is 12.0. The summed E-state index contributed by atoms with van der Waals surface area (Å²) >= 11 is 5.88. The fourth-order valence-corrected chi connectivity index (χ4v) is 1.51. The first-order valence-electron chi connectivity index (χ1n) is 5.74. The van der Waals surface area contributed by atoms with Crippen LogP contribution < -0.4 is 10.6 Å². The summed E-state index contributed by atoms with van der Waals surface area (Å²) in [7, 11) is 0. The van der Waals surface area contributed by atoms with Gasteiger partial charge in [-0.25, -0.2) is 9.78 Å². The van der Waals surface area contributed by atoms with E-state index in [1.54, 1.807) is 13.8 Å². The van der Waals surface area contributed by atoms with E-state index in [9.17, 15) is 4.79 Å². The molecule has 0 saturated carbocycles. The molecular formula is C11H14ClN5O2. The normalized spacial score (nSPS) is 11.8. The number of rotatable bonds is 3. The van der Waals surface area contributed by atoms with Crippen LogP contribution in [-0.4, -0.2) is 25.7 Å². The average molecular weight is 284 g/mol. The lowest BCUT2D eigenvalue weighted by Gasteiger charge is -2.19. The molecule has 0 aromatic carbocycles. The van der Waals surface area contributed by atoms with Crippen LogP contribution in [0.1, 0.15) is 27.2 Å². The van der Waals surface area contributed by atoms with Gasteiger partial charge in [0.2, 0.25) is 11.6 Å².